The standard InChI is InChI=1S/C16H20O8/c17-10-3-1-9(7-11(10)18)2-4-14(20)24-13-5-6-16(23,15(21)22)8-12(13)19/h1,3,7,12-13,17-19,23H,2,4-6,8H2,(H,21,22). The van der Waals surface area contributed by atoms with Crippen molar-refractivity contribution in [1.29, 1.82) is 0 Å². The minimum absolute atomic E-state index is 0.00334. The Kier molecular flexibility index (Phi) is 5.30. The highest BCUT2D eigenvalue weighted by molar-refractivity contribution is 5.77. The van der Waals surface area contributed by atoms with Crippen LogP contribution in [0.15, 0.2) is 18.2 Å². The first-order valence-corrected chi connectivity index (χ1v) is 7.55. The first kappa shape index (κ1) is 18.0. The molecule has 0 spiro atoms. The third kappa shape index (κ3) is 4.15. The summed E-state index contributed by atoms with van der Waals surface area (Å²) in [7, 11) is 0. The van der Waals surface area contributed by atoms with Crippen LogP contribution < -0.4 is 0 Å². The Morgan fingerprint density at radius 3 is 2.54 bits per heavy atom. The van der Waals surface area contributed by atoms with Crippen LogP contribution in [0, 0.1) is 0 Å². The van der Waals surface area contributed by atoms with Crippen molar-refractivity contribution in [1.82, 2.24) is 0 Å². The number of phenols is 2. The van der Waals surface area contributed by atoms with Crippen molar-refractivity contribution in [3.05, 3.63) is 23.8 Å². The molecule has 132 valence electrons. The number of aryl methyl sites for hydroxylation is 1. The van der Waals surface area contributed by atoms with Gasteiger partial charge in [-0.05, 0) is 37.0 Å². The molecule has 0 saturated heterocycles. The van der Waals surface area contributed by atoms with Crippen molar-refractivity contribution in [2.24, 2.45) is 0 Å². The summed E-state index contributed by atoms with van der Waals surface area (Å²) in [6, 6.07) is 4.21. The van der Waals surface area contributed by atoms with E-state index in [1.807, 2.05) is 0 Å². The maximum Gasteiger partial charge on any atom is 0.335 e. The van der Waals surface area contributed by atoms with Gasteiger partial charge in [-0.3, -0.25) is 4.79 Å². The molecule has 5 N–H and O–H groups in total. The molecule has 8 heteroatoms. The number of aliphatic carboxylic acids is 1. The SMILES string of the molecule is O=C(CCc1ccc(O)c(O)c1)OC1CCC(O)(C(=O)O)CC1O. The maximum atomic E-state index is 11.9. The predicted octanol–water partition coefficient (Wildman–Crippen LogP) is 0.303. The smallest absolute Gasteiger partial charge is 0.335 e. The third-order valence-corrected chi connectivity index (χ3v) is 4.16. The van der Waals surface area contributed by atoms with Gasteiger partial charge in [-0.25, -0.2) is 4.79 Å². The molecule has 0 radical (unpaired) electrons. The summed E-state index contributed by atoms with van der Waals surface area (Å²) in [4.78, 5) is 22.8. The number of hydrogen-bond donors (Lipinski definition) is 5. The number of benzene rings is 1. The number of carbonyl (C=O) groups excluding carboxylic acids is 1. The fourth-order valence-corrected chi connectivity index (χ4v) is 2.68. The van der Waals surface area contributed by atoms with E-state index in [4.69, 9.17) is 9.84 Å². The molecule has 8 nitrogen and oxygen atoms in total. The topological polar surface area (TPSA) is 145 Å². The molecule has 1 aromatic rings. The zero-order valence-corrected chi connectivity index (χ0v) is 12.9. The Balaban J connectivity index is 1.84. The van der Waals surface area contributed by atoms with Crippen LogP contribution in [0.4, 0.5) is 0 Å². The fourth-order valence-electron chi connectivity index (χ4n) is 2.68. The highest BCUT2D eigenvalue weighted by Gasteiger charge is 2.45. The molecule has 0 heterocycles. The van der Waals surface area contributed by atoms with Gasteiger partial charge >= 0.3 is 11.9 Å². The van der Waals surface area contributed by atoms with Gasteiger partial charge < -0.3 is 30.3 Å². The average Bonchev–Trinajstić information content (AvgIpc) is 2.51. The quantitative estimate of drug-likeness (QED) is 0.380. The van der Waals surface area contributed by atoms with Gasteiger partial charge in [0.2, 0.25) is 0 Å². The molecule has 0 aliphatic heterocycles. The van der Waals surface area contributed by atoms with Crippen LogP contribution in [-0.2, 0) is 20.7 Å². The second-order valence-electron chi connectivity index (χ2n) is 6.00. The Morgan fingerprint density at radius 2 is 1.96 bits per heavy atom. The predicted molar refractivity (Wildman–Crippen MR) is 80.4 cm³/mol. The van der Waals surface area contributed by atoms with Gasteiger partial charge in [0, 0.05) is 12.8 Å². The molecule has 0 amide bonds. The number of ether oxygens (including phenoxy) is 1. The lowest BCUT2D eigenvalue weighted by molar-refractivity contribution is -0.180. The van der Waals surface area contributed by atoms with Crippen molar-refractivity contribution in [2.75, 3.05) is 0 Å². The zero-order valence-electron chi connectivity index (χ0n) is 12.9. The van der Waals surface area contributed by atoms with Crippen LogP contribution in [0.3, 0.4) is 0 Å². The summed E-state index contributed by atoms with van der Waals surface area (Å²) in [5.74, 6) is -2.51. The number of hydrogen-bond acceptors (Lipinski definition) is 7. The molecule has 1 aromatic carbocycles. The molecule has 1 saturated carbocycles. The first-order valence-electron chi connectivity index (χ1n) is 7.55. The van der Waals surface area contributed by atoms with Gasteiger partial charge in [-0.2, -0.15) is 0 Å². The molecule has 24 heavy (non-hydrogen) atoms. The van der Waals surface area contributed by atoms with Gasteiger partial charge in [0.1, 0.15) is 6.10 Å². The Morgan fingerprint density at radius 1 is 1.25 bits per heavy atom. The van der Waals surface area contributed by atoms with Crippen molar-refractivity contribution >= 4 is 11.9 Å². The van der Waals surface area contributed by atoms with E-state index in [9.17, 15) is 30.0 Å². The number of phenolic OH excluding ortho intramolecular Hbond substituents is 2. The van der Waals surface area contributed by atoms with Crippen LogP contribution in [0.5, 0.6) is 11.5 Å². The van der Waals surface area contributed by atoms with Gasteiger partial charge in [0.25, 0.3) is 0 Å². The minimum atomic E-state index is -1.99. The second-order valence-corrected chi connectivity index (χ2v) is 6.00. The monoisotopic (exact) mass is 340 g/mol. The lowest BCUT2D eigenvalue weighted by Gasteiger charge is -2.35. The molecular weight excluding hydrogens is 320 g/mol. The Labute approximate surface area is 137 Å². The summed E-state index contributed by atoms with van der Waals surface area (Å²) < 4.78 is 5.15. The number of aromatic hydroxyl groups is 2. The van der Waals surface area contributed by atoms with E-state index in [1.54, 1.807) is 6.07 Å². The highest BCUT2D eigenvalue weighted by Crippen LogP contribution is 2.31. The lowest BCUT2D eigenvalue weighted by Crippen LogP contribution is -2.50. The fraction of sp³-hybridized carbons (Fsp3) is 0.500. The van der Waals surface area contributed by atoms with Crippen molar-refractivity contribution in [2.45, 2.75) is 49.9 Å². The van der Waals surface area contributed by atoms with E-state index in [0.717, 1.165) is 0 Å². The highest BCUT2D eigenvalue weighted by atomic mass is 16.6. The molecule has 0 aromatic heterocycles. The normalized spacial score (nSPS) is 26.8. The summed E-state index contributed by atoms with van der Waals surface area (Å²) in [5.41, 5.74) is -1.36. The summed E-state index contributed by atoms with van der Waals surface area (Å²) in [6.07, 6.45) is -2.29. The Bertz CT molecular complexity index is 629. The minimum Gasteiger partial charge on any atom is -0.504 e. The van der Waals surface area contributed by atoms with Crippen LogP contribution in [0.25, 0.3) is 0 Å². The molecule has 3 atom stereocenters. The summed E-state index contributed by atoms with van der Waals surface area (Å²) in [6.45, 7) is 0. The van der Waals surface area contributed by atoms with Gasteiger partial charge in [-0.15, -0.1) is 0 Å². The van der Waals surface area contributed by atoms with Crippen molar-refractivity contribution < 1.29 is 39.9 Å². The number of carbonyl (C=O) groups is 2. The van der Waals surface area contributed by atoms with Gasteiger partial charge in [0.15, 0.2) is 17.1 Å². The first-order chi connectivity index (χ1) is 11.2. The largest absolute Gasteiger partial charge is 0.504 e. The molecular formula is C16H20O8. The number of aliphatic hydroxyl groups excluding tert-OH is 1. The van der Waals surface area contributed by atoms with Crippen LogP contribution in [0.2, 0.25) is 0 Å². The number of carboxylic acids is 1. The average molecular weight is 340 g/mol. The summed E-state index contributed by atoms with van der Waals surface area (Å²) >= 11 is 0. The molecule has 1 fully saturated rings. The zero-order chi connectivity index (χ0) is 17.9. The van der Waals surface area contributed by atoms with E-state index in [1.165, 1.54) is 12.1 Å². The van der Waals surface area contributed by atoms with E-state index in [-0.39, 0.29) is 37.2 Å². The summed E-state index contributed by atoms with van der Waals surface area (Å²) in [5, 5.41) is 47.2. The van der Waals surface area contributed by atoms with E-state index >= 15 is 0 Å². The second kappa shape index (κ2) is 7.06. The van der Waals surface area contributed by atoms with Crippen LogP contribution in [0.1, 0.15) is 31.2 Å². The van der Waals surface area contributed by atoms with Gasteiger partial charge in [-0.1, -0.05) is 6.07 Å². The van der Waals surface area contributed by atoms with Gasteiger partial charge in [0.05, 0.1) is 6.10 Å². The molecule has 3 unspecified atom stereocenters. The van der Waals surface area contributed by atoms with E-state index in [2.05, 4.69) is 0 Å². The van der Waals surface area contributed by atoms with E-state index in [0.29, 0.717) is 5.56 Å². The van der Waals surface area contributed by atoms with Crippen LogP contribution in [-0.4, -0.2) is 55.3 Å². The van der Waals surface area contributed by atoms with Crippen LogP contribution >= 0.6 is 0 Å². The molecule has 1 aliphatic rings. The third-order valence-electron chi connectivity index (χ3n) is 4.16. The lowest BCUT2D eigenvalue weighted by atomic mass is 9.81. The van der Waals surface area contributed by atoms with Crippen molar-refractivity contribution in [3.8, 4) is 11.5 Å². The van der Waals surface area contributed by atoms with Crippen molar-refractivity contribution in [3.63, 3.8) is 0 Å². The van der Waals surface area contributed by atoms with E-state index < -0.39 is 36.2 Å². The Hall–Kier alpha value is -2.32. The molecule has 0 bridgehead atoms. The number of rotatable bonds is 5. The molecule has 2 rings (SSSR count). The number of esters is 1. The number of carboxylic acid groups (broad SMARTS) is 1. The number of aliphatic hydroxyl groups is 2. The molecule has 1 aliphatic carbocycles. The maximum absolute atomic E-state index is 11.9.